The molecule has 0 unspecified atom stereocenters. The first-order valence-corrected chi connectivity index (χ1v) is 7.51. The molecule has 1 aromatic rings. The molecule has 1 aromatic carbocycles. The highest BCUT2D eigenvalue weighted by molar-refractivity contribution is 6.40. The van der Waals surface area contributed by atoms with E-state index in [0.717, 1.165) is 31.7 Å². The lowest BCUT2D eigenvalue weighted by Gasteiger charge is -2.15. The van der Waals surface area contributed by atoms with Gasteiger partial charge in [0.15, 0.2) is 0 Å². The monoisotopic (exact) mass is 312 g/mol. The quantitative estimate of drug-likeness (QED) is 0.650. The summed E-state index contributed by atoms with van der Waals surface area (Å²) in [5.74, 6) is -2.00. The first kappa shape index (κ1) is 15.8. The highest BCUT2D eigenvalue weighted by Crippen LogP contribution is 2.19. The second-order valence-electron chi connectivity index (χ2n) is 5.24. The summed E-state index contributed by atoms with van der Waals surface area (Å²) in [6.45, 7) is 0. The molecule has 1 aliphatic carbocycles. The Balaban J connectivity index is 1.89. The molecule has 1 saturated carbocycles. The van der Waals surface area contributed by atoms with Crippen molar-refractivity contribution < 1.29 is 14.0 Å². The molecule has 114 valence electrons. The van der Waals surface area contributed by atoms with E-state index in [2.05, 4.69) is 10.6 Å². The molecule has 2 N–H and O–H groups in total. The van der Waals surface area contributed by atoms with E-state index in [9.17, 15) is 14.0 Å². The van der Waals surface area contributed by atoms with Gasteiger partial charge in [0.2, 0.25) is 0 Å². The lowest BCUT2D eigenvalue weighted by molar-refractivity contribution is -0.136. The van der Waals surface area contributed by atoms with Gasteiger partial charge >= 0.3 is 11.8 Å². The Morgan fingerprint density at radius 1 is 1.10 bits per heavy atom. The van der Waals surface area contributed by atoms with Crippen LogP contribution in [0.25, 0.3) is 0 Å². The Morgan fingerprint density at radius 2 is 1.76 bits per heavy atom. The zero-order valence-electron chi connectivity index (χ0n) is 11.6. The molecule has 4 nitrogen and oxygen atoms in total. The van der Waals surface area contributed by atoms with E-state index in [-0.39, 0.29) is 11.1 Å². The minimum atomic E-state index is -0.762. The van der Waals surface area contributed by atoms with Gasteiger partial charge in [-0.2, -0.15) is 0 Å². The largest absolute Gasteiger partial charge is 0.345 e. The fourth-order valence-corrected chi connectivity index (χ4v) is 2.62. The molecule has 6 heteroatoms. The number of nitrogens with one attached hydrogen (secondary N) is 2. The number of benzene rings is 1. The summed E-state index contributed by atoms with van der Waals surface area (Å²) >= 11 is 5.62. The van der Waals surface area contributed by atoms with E-state index in [1.165, 1.54) is 25.0 Å². The maximum absolute atomic E-state index is 13.0. The average molecular weight is 313 g/mol. The molecule has 0 atom stereocenters. The molecular weight excluding hydrogens is 295 g/mol. The van der Waals surface area contributed by atoms with E-state index in [4.69, 9.17) is 11.6 Å². The van der Waals surface area contributed by atoms with Gasteiger partial charge in [0.05, 0.1) is 5.02 Å². The van der Waals surface area contributed by atoms with Gasteiger partial charge in [-0.15, -0.1) is 0 Å². The summed E-state index contributed by atoms with van der Waals surface area (Å²) in [7, 11) is 0. The van der Waals surface area contributed by atoms with Gasteiger partial charge in [0.25, 0.3) is 0 Å². The first-order chi connectivity index (χ1) is 10.1. The fourth-order valence-electron chi connectivity index (χ4n) is 2.44. The third kappa shape index (κ3) is 4.70. The zero-order valence-corrected chi connectivity index (χ0v) is 12.4. The van der Waals surface area contributed by atoms with Gasteiger partial charge in [-0.25, -0.2) is 4.39 Å². The minimum Gasteiger partial charge on any atom is -0.345 e. The van der Waals surface area contributed by atoms with E-state index in [1.54, 1.807) is 0 Å². The number of hydrogen-bond donors (Lipinski definition) is 2. The second-order valence-corrected chi connectivity index (χ2v) is 5.65. The summed E-state index contributed by atoms with van der Waals surface area (Å²) in [5, 5.41) is 5.06. The molecular formula is C15H18ClFN2O2. The first-order valence-electron chi connectivity index (χ1n) is 7.13. The van der Waals surface area contributed by atoms with Crippen LogP contribution in [-0.4, -0.2) is 17.9 Å². The number of carbonyl (C=O) groups is 2. The van der Waals surface area contributed by atoms with E-state index in [1.807, 2.05) is 0 Å². The maximum Gasteiger partial charge on any atom is 0.313 e. The van der Waals surface area contributed by atoms with E-state index < -0.39 is 17.6 Å². The molecule has 0 radical (unpaired) electrons. The van der Waals surface area contributed by atoms with Crippen molar-refractivity contribution in [2.75, 3.05) is 5.32 Å². The Bertz CT molecular complexity index is 528. The van der Waals surface area contributed by atoms with Crippen LogP contribution in [0.15, 0.2) is 18.2 Å². The average Bonchev–Trinajstić information content (AvgIpc) is 2.71. The zero-order chi connectivity index (χ0) is 15.2. The van der Waals surface area contributed by atoms with Crippen LogP contribution in [0, 0.1) is 5.82 Å². The van der Waals surface area contributed by atoms with E-state index in [0.29, 0.717) is 5.69 Å². The highest BCUT2D eigenvalue weighted by atomic mass is 35.5. The van der Waals surface area contributed by atoms with Gasteiger partial charge < -0.3 is 10.6 Å². The van der Waals surface area contributed by atoms with Crippen molar-refractivity contribution in [3.8, 4) is 0 Å². The summed E-state index contributed by atoms with van der Waals surface area (Å²) in [6, 6.07) is 3.83. The van der Waals surface area contributed by atoms with Gasteiger partial charge in [-0.05, 0) is 31.0 Å². The summed E-state index contributed by atoms with van der Waals surface area (Å²) < 4.78 is 13.0. The number of rotatable bonds is 2. The summed E-state index contributed by atoms with van der Waals surface area (Å²) in [6.07, 6.45) is 6.29. The van der Waals surface area contributed by atoms with Crippen LogP contribution in [0.4, 0.5) is 10.1 Å². The summed E-state index contributed by atoms with van der Waals surface area (Å²) in [4.78, 5) is 23.7. The minimum absolute atomic E-state index is 0.0579. The molecule has 0 heterocycles. The Labute approximate surface area is 128 Å². The van der Waals surface area contributed by atoms with Crippen molar-refractivity contribution >= 4 is 29.1 Å². The molecule has 2 amide bonds. The molecule has 21 heavy (non-hydrogen) atoms. The van der Waals surface area contributed by atoms with Crippen molar-refractivity contribution in [2.24, 2.45) is 0 Å². The standard InChI is InChI=1S/C15H18ClFN2O2/c16-12-9-11(7-8-13(12)17)19-15(21)14(20)18-10-5-3-1-2-4-6-10/h7-10H,1-6H2,(H,18,20)(H,19,21). The lowest BCUT2D eigenvalue weighted by atomic mass is 10.1. The summed E-state index contributed by atoms with van der Waals surface area (Å²) in [5.41, 5.74) is 0.294. The van der Waals surface area contributed by atoms with Crippen molar-refractivity contribution in [1.82, 2.24) is 5.32 Å². The van der Waals surface area contributed by atoms with Gasteiger partial charge in [0.1, 0.15) is 5.82 Å². The van der Waals surface area contributed by atoms with Crippen LogP contribution in [-0.2, 0) is 9.59 Å². The SMILES string of the molecule is O=C(Nc1ccc(F)c(Cl)c1)C(=O)NC1CCCCCC1. The highest BCUT2D eigenvalue weighted by Gasteiger charge is 2.20. The molecule has 0 bridgehead atoms. The smallest absolute Gasteiger partial charge is 0.313 e. The molecule has 0 spiro atoms. The normalized spacial score (nSPS) is 16.1. The van der Waals surface area contributed by atoms with Crippen LogP contribution >= 0.6 is 11.6 Å². The Morgan fingerprint density at radius 3 is 2.38 bits per heavy atom. The third-order valence-electron chi connectivity index (χ3n) is 3.57. The number of hydrogen-bond acceptors (Lipinski definition) is 2. The second kappa shape index (κ2) is 7.41. The molecule has 1 aliphatic rings. The van der Waals surface area contributed by atoms with Gasteiger partial charge in [-0.3, -0.25) is 9.59 Å². The van der Waals surface area contributed by atoms with Crippen molar-refractivity contribution in [1.29, 1.82) is 0 Å². The number of halogens is 2. The molecule has 2 rings (SSSR count). The Kier molecular flexibility index (Phi) is 5.56. The van der Waals surface area contributed by atoms with Crippen LogP contribution in [0.3, 0.4) is 0 Å². The molecule has 1 fully saturated rings. The number of amides is 2. The maximum atomic E-state index is 13.0. The van der Waals surface area contributed by atoms with Gasteiger partial charge in [-0.1, -0.05) is 37.3 Å². The molecule has 0 saturated heterocycles. The third-order valence-corrected chi connectivity index (χ3v) is 3.86. The van der Waals surface area contributed by atoms with Crippen LogP contribution in [0.2, 0.25) is 5.02 Å². The predicted molar refractivity (Wildman–Crippen MR) is 79.7 cm³/mol. The van der Waals surface area contributed by atoms with E-state index >= 15 is 0 Å². The van der Waals surface area contributed by atoms with Crippen molar-refractivity contribution in [3.05, 3.63) is 29.0 Å². The van der Waals surface area contributed by atoms with Gasteiger partial charge in [0, 0.05) is 11.7 Å². The number of carbonyl (C=O) groups excluding carboxylic acids is 2. The topological polar surface area (TPSA) is 58.2 Å². The fraction of sp³-hybridized carbons (Fsp3) is 0.467. The number of anilines is 1. The van der Waals surface area contributed by atoms with Crippen LogP contribution in [0.1, 0.15) is 38.5 Å². The molecule has 0 aromatic heterocycles. The molecule has 0 aliphatic heterocycles. The predicted octanol–water partition coefficient (Wildman–Crippen LogP) is 3.26. The van der Waals surface area contributed by atoms with Crippen LogP contribution < -0.4 is 10.6 Å². The van der Waals surface area contributed by atoms with Crippen molar-refractivity contribution in [3.63, 3.8) is 0 Å². The Hall–Kier alpha value is -1.62. The lowest BCUT2D eigenvalue weighted by Crippen LogP contribution is -2.41. The van der Waals surface area contributed by atoms with Crippen molar-refractivity contribution in [2.45, 2.75) is 44.6 Å². The van der Waals surface area contributed by atoms with Crippen LogP contribution in [0.5, 0.6) is 0 Å².